The van der Waals surface area contributed by atoms with Gasteiger partial charge in [0.05, 0.1) is 0 Å². The topological polar surface area (TPSA) is 94.5 Å². The number of hydrogen-bond acceptors (Lipinski definition) is 5. The zero-order valence-corrected chi connectivity index (χ0v) is 19.7. The van der Waals surface area contributed by atoms with Crippen LogP contribution in [-0.4, -0.2) is 22.5 Å². The van der Waals surface area contributed by atoms with Crippen LogP contribution in [0.1, 0.15) is 70.3 Å². The highest BCUT2D eigenvalue weighted by Gasteiger charge is 2.76. The van der Waals surface area contributed by atoms with Gasteiger partial charge in [0.2, 0.25) is 0 Å². The summed E-state index contributed by atoms with van der Waals surface area (Å²) in [5, 5.41) is 0. The SMILES string of the molecule is CCCC1C2=C(CCCC2)C2CCCC1C21OOC1(OC)c1cccc(OP(=O)(O)O)c1. The van der Waals surface area contributed by atoms with Crippen molar-refractivity contribution < 1.29 is 33.4 Å². The molecule has 1 spiro atoms. The van der Waals surface area contributed by atoms with Gasteiger partial charge < -0.3 is 9.26 Å². The monoisotopic (exact) mass is 464 g/mol. The summed E-state index contributed by atoms with van der Waals surface area (Å²) in [6, 6.07) is 6.73. The fourth-order valence-electron chi connectivity index (χ4n) is 7.15. The number of methoxy groups -OCH3 is 1. The van der Waals surface area contributed by atoms with E-state index in [0.717, 1.165) is 32.1 Å². The summed E-state index contributed by atoms with van der Waals surface area (Å²) in [6.45, 7) is 2.25. The Hall–Kier alpha value is -1.21. The zero-order chi connectivity index (χ0) is 22.6. The Morgan fingerprint density at radius 2 is 1.91 bits per heavy atom. The van der Waals surface area contributed by atoms with E-state index >= 15 is 0 Å². The average Bonchev–Trinajstić information content (AvgIpc) is 2.75. The summed E-state index contributed by atoms with van der Waals surface area (Å²) >= 11 is 0. The van der Waals surface area contributed by atoms with Crippen LogP contribution in [0.3, 0.4) is 0 Å². The number of benzene rings is 1. The van der Waals surface area contributed by atoms with E-state index in [2.05, 4.69) is 6.92 Å². The highest BCUT2D eigenvalue weighted by atomic mass is 31.2. The molecule has 0 amide bonds. The van der Waals surface area contributed by atoms with Gasteiger partial charge in [-0.25, -0.2) is 9.45 Å². The normalized spacial score (nSPS) is 36.6. The van der Waals surface area contributed by atoms with Gasteiger partial charge in [-0.05, 0) is 63.0 Å². The number of hydrogen-bond donors (Lipinski definition) is 2. The predicted octanol–water partition coefficient (Wildman–Crippen LogP) is 5.37. The van der Waals surface area contributed by atoms with Crippen molar-refractivity contribution in [3.63, 3.8) is 0 Å². The Balaban J connectivity index is 1.63. The van der Waals surface area contributed by atoms with Gasteiger partial charge in [0.1, 0.15) is 5.75 Å². The second kappa shape index (κ2) is 8.23. The van der Waals surface area contributed by atoms with Crippen molar-refractivity contribution >= 4 is 7.82 Å². The summed E-state index contributed by atoms with van der Waals surface area (Å²) in [5.74, 6) is -0.0943. The molecule has 5 unspecified atom stereocenters. The lowest BCUT2D eigenvalue weighted by molar-refractivity contribution is -0.640. The van der Waals surface area contributed by atoms with Crippen molar-refractivity contribution in [2.75, 3.05) is 7.11 Å². The van der Waals surface area contributed by atoms with E-state index in [-0.39, 0.29) is 17.6 Å². The molecule has 1 aliphatic heterocycles. The van der Waals surface area contributed by atoms with Gasteiger partial charge in [0.25, 0.3) is 5.79 Å². The number of phosphoric acid groups is 1. The van der Waals surface area contributed by atoms with Gasteiger partial charge in [0.15, 0.2) is 5.60 Å². The quantitative estimate of drug-likeness (QED) is 0.332. The lowest BCUT2D eigenvalue weighted by Gasteiger charge is -2.67. The van der Waals surface area contributed by atoms with Crippen LogP contribution in [0.4, 0.5) is 0 Å². The smallest absolute Gasteiger partial charge is 0.404 e. The van der Waals surface area contributed by atoms with Gasteiger partial charge >= 0.3 is 7.82 Å². The van der Waals surface area contributed by atoms with Crippen molar-refractivity contribution in [3.05, 3.63) is 41.0 Å². The maximum atomic E-state index is 11.4. The van der Waals surface area contributed by atoms with Crippen molar-refractivity contribution in [2.45, 2.75) is 76.1 Å². The van der Waals surface area contributed by atoms with E-state index in [1.54, 1.807) is 30.4 Å². The number of ether oxygens (including phenoxy) is 1. The molecule has 5 rings (SSSR count). The molecule has 3 aliphatic carbocycles. The third-order valence-corrected chi connectivity index (χ3v) is 8.57. The van der Waals surface area contributed by atoms with Gasteiger partial charge in [-0.3, -0.25) is 9.79 Å². The molecular formula is C24H33O7P. The van der Waals surface area contributed by atoms with Crippen molar-refractivity contribution in [1.82, 2.24) is 0 Å². The maximum absolute atomic E-state index is 11.4. The van der Waals surface area contributed by atoms with Gasteiger partial charge in [0, 0.05) is 24.5 Å². The zero-order valence-electron chi connectivity index (χ0n) is 18.8. The molecule has 1 aromatic carbocycles. The van der Waals surface area contributed by atoms with Crippen molar-refractivity contribution in [3.8, 4) is 5.75 Å². The van der Waals surface area contributed by atoms with E-state index in [0.29, 0.717) is 11.5 Å². The number of rotatable bonds is 6. The minimum Gasteiger partial charge on any atom is -0.404 e. The summed E-state index contributed by atoms with van der Waals surface area (Å²) in [4.78, 5) is 30.7. The molecule has 0 radical (unpaired) electrons. The number of allylic oxidation sites excluding steroid dienone is 1. The van der Waals surface area contributed by atoms with E-state index in [4.69, 9.17) is 19.0 Å². The Kier molecular flexibility index (Phi) is 5.80. The third kappa shape index (κ3) is 3.24. The summed E-state index contributed by atoms with van der Waals surface area (Å²) in [6.07, 6.45) is 10.3. The second-order valence-electron chi connectivity index (χ2n) is 9.63. The molecule has 1 saturated heterocycles. The van der Waals surface area contributed by atoms with E-state index < -0.39 is 19.2 Å². The molecule has 1 saturated carbocycles. The standard InChI is InChI=1S/C24H33O7P/c1-3-8-19-18-11-4-5-12-20(18)22-14-7-13-21(19)23(22)24(28-2,31-30-23)16-9-6-10-17(15-16)29-32(25,26)27/h6,9-10,15,19,21-22H,3-5,7-8,11-14H2,1-2H3,(H2,25,26,27). The average molecular weight is 464 g/mol. The minimum absolute atomic E-state index is 0.0848. The molecule has 8 heteroatoms. The van der Waals surface area contributed by atoms with Crippen LogP contribution in [0.25, 0.3) is 0 Å². The van der Waals surface area contributed by atoms with E-state index in [9.17, 15) is 14.4 Å². The number of fused-ring (bicyclic) bond motifs is 1. The van der Waals surface area contributed by atoms with Crippen LogP contribution in [0.5, 0.6) is 5.75 Å². The molecule has 4 aliphatic rings. The van der Waals surface area contributed by atoms with Crippen LogP contribution >= 0.6 is 7.82 Å². The molecule has 1 heterocycles. The summed E-state index contributed by atoms with van der Waals surface area (Å²) in [5.41, 5.74) is 3.25. The van der Waals surface area contributed by atoms with Gasteiger partial charge in [-0.1, -0.05) is 43.0 Å². The van der Waals surface area contributed by atoms with Gasteiger partial charge in [-0.15, -0.1) is 0 Å². The van der Waals surface area contributed by atoms with Crippen LogP contribution < -0.4 is 4.52 Å². The van der Waals surface area contributed by atoms with E-state index in [1.807, 2.05) is 6.07 Å². The third-order valence-electron chi connectivity index (χ3n) is 8.12. The first kappa shape index (κ1) is 22.6. The lowest BCUT2D eigenvalue weighted by atomic mass is 9.49. The molecule has 7 nitrogen and oxygen atoms in total. The van der Waals surface area contributed by atoms with Gasteiger partial charge in [-0.2, -0.15) is 4.89 Å². The van der Waals surface area contributed by atoms with Crippen molar-refractivity contribution in [2.24, 2.45) is 17.8 Å². The minimum atomic E-state index is -4.68. The summed E-state index contributed by atoms with van der Waals surface area (Å²) in [7, 11) is -3.04. The Labute approximate surface area is 189 Å². The molecule has 0 aromatic heterocycles. The first-order valence-electron chi connectivity index (χ1n) is 11.9. The van der Waals surface area contributed by atoms with Crippen LogP contribution in [0, 0.1) is 17.8 Å². The molecule has 2 fully saturated rings. The molecule has 5 atom stereocenters. The van der Waals surface area contributed by atoms with Crippen molar-refractivity contribution in [1.29, 1.82) is 0 Å². The molecule has 2 bridgehead atoms. The van der Waals surface area contributed by atoms with Crippen LogP contribution in [0.2, 0.25) is 0 Å². The Bertz CT molecular complexity index is 951. The molecule has 2 N–H and O–H groups in total. The summed E-state index contributed by atoms with van der Waals surface area (Å²) < 4.78 is 22.5. The fraction of sp³-hybridized carbons (Fsp3) is 0.667. The highest BCUT2D eigenvalue weighted by Crippen LogP contribution is 2.68. The first-order chi connectivity index (χ1) is 15.4. The lowest BCUT2D eigenvalue weighted by Crippen LogP contribution is -2.75. The molecule has 176 valence electrons. The molecular weight excluding hydrogens is 431 g/mol. The van der Waals surface area contributed by atoms with Crippen LogP contribution in [0.15, 0.2) is 35.4 Å². The predicted molar refractivity (Wildman–Crippen MR) is 117 cm³/mol. The fourth-order valence-corrected chi connectivity index (χ4v) is 7.54. The van der Waals surface area contributed by atoms with E-state index in [1.165, 1.54) is 31.7 Å². The second-order valence-corrected chi connectivity index (χ2v) is 10.8. The maximum Gasteiger partial charge on any atom is 0.524 e. The Morgan fingerprint density at radius 3 is 2.56 bits per heavy atom. The Morgan fingerprint density at radius 1 is 1.12 bits per heavy atom. The highest BCUT2D eigenvalue weighted by molar-refractivity contribution is 7.46. The molecule has 1 aromatic rings. The number of phosphoric ester groups is 1. The molecule has 32 heavy (non-hydrogen) atoms. The first-order valence-corrected chi connectivity index (χ1v) is 13.4. The largest absolute Gasteiger partial charge is 0.524 e. The van der Waals surface area contributed by atoms with Crippen LogP contribution in [-0.2, 0) is 24.9 Å².